The smallest absolute Gasteiger partial charge is 0.257 e. The van der Waals surface area contributed by atoms with E-state index in [0.29, 0.717) is 11.5 Å². The third-order valence-electron chi connectivity index (χ3n) is 2.55. The predicted molar refractivity (Wildman–Crippen MR) is 62.8 cm³/mol. The van der Waals surface area contributed by atoms with Gasteiger partial charge in [0.15, 0.2) is 0 Å². The number of hydrogen-bond acceptors (Lipinski definition) is 1. The van der Waals surface area contributed by atoms with E-state index < -0.39 is 12.5 Å². The first-order chi connectivity index (χ1) is 7.54. The maximum Gasteiger partial charge on any atom is 0.257 e. The molecule has 1 rings (SSSR count). The molecule has 16 heavy (non-hydrogen) atoms. The molecule has 0 aromatic heterocycles. The van der Waals surface area contributed by atoms with E-state index in [0.717, 1.165) is 6.42 Å². The van der Waals surface area contributed by atoms with Crippen LogP contribution in [0.5, 0.6) is 0 Å². The lowest BCUT2D eigenvalue weighted by Gasteiger charge is -2.16. The van der Waals surface area contributed by atoms with Gasteiger partial charge in [-0.2, -0.15) is 0 Å². The summed E-state index contributed by atoms with van der Waals surface area (Å²) >= 11 is 0. The van der Waals surface area contributed by atoms with Crippen LogP contribution in [0, 0.1) is 5.92 Å². The molecule has 1 N–H and O–H groups in total. The molecule has 1 atom stereocenters. The van der Waals surface area contributed by atoms with Gasteiger partial charge in [0, 0.05) is 0 Å². The van der Waals surface area contributed by atoms with E-state index in [-0.39, 0.29) is 0 Å². The van der Waals surface area contributed by atoms with Gasteiger partial charge in [0.05, 0.1) is 6.04 Å². The van der Waals surface area contributed by atoms with E-state index in [2.05, 4.69) is 19.2 Å². The highest BCUT2D eigenvalue weighted by Crippen LogP contribution is 2.21. The lowest BCUT2D eigenvalue weighted by atomic mass is 9.99. The Balaban J connectivity index is 2.77. The lowest BCUT2D eigenvalue weighted by molar-refractivity contribution is 0.102. The Morgan fingerprint density at radius 2 is 1.69 bits per heavy atom. The summed E-state index contributed by atoms with van der Waals surface area (Å²) < 4.78 is 25.3. The zero-order valence-corrected chi connectivity index (χ0v) is 10.0. The molecule has 1 unspecified atom stereocenters. The van der Waals surface area contributed by atoms with Gasteiger partial charge < -0.3 is 5.32 Å². The van der Waals surface area contributed by atoms with Crippen LogP contribution in [0.2, 0.25) is 0 Å². The highest BCUT2D eigenvalue weighted by Gasteiger charge is 2.19. The number of nitrogens with one attached hydrogen (secondary N) is 1. The van der Waals surface area contributed by atoms with E-state index in [1.165, 1.54) is 5.56 Å². The molecule has 0 amide bonds. The average molecular weight is 227 g/mol. The zero-order chi connectivity index (χ0) is 12.1. The summed E-state index contributed by atoms with van der Waals surface area (Å²) in [5.41, 5.74) is 1.84. The summed E-state index contributed by atoms with van der Waals surface area (Å²) in [7, 11) is 1.55. The van der Waals surface area contributed by atoms with Crippen molar-refractivity contribution in [2.45, 2.75) is 32.7 Å². The number of halogens is 2. The van der Waals surface area contributed by atoms with Gasteiger partial charge in [0.25, 0.3) is 6.43 Å². The maximum absolute atomic E-state index is 12.6. The van der Waals surface area contributed by atoms with E-state index in [4.69, 9.17) is 0 Å². The second-order valence-corrected chi connectivity index (χ2v) is 4.44. The van der Waals surface area contributed by atoms with Gasteiger partial charge >= 0.3 is 0 Å². The van der Waals surface area contributed by atoms with Crippen LogP contribution in [0.1, 0.15) is 31.0 Å². The molecule has 1 nitrogen and oxygen atoms in total. The second-order valence-electron chi connectivity index (χ2n) is 4.44. The van der Waals surface area contributed by atoms with E-state index >= 15 is 0 Å². The Morgan fingerprint density at radius 1 is 1.12 bits per heavy atom. The van der Waals surface area contributed by atoms with E-state index in [1.54, 1.807) is 19.2 Å². The fraction of sp³-hybridized carbons (Fsp3) is 0.538. The molecule has 0 saturated heterocycles. The van der Waals surface area contributed by atoms with E-state index in [9.17, 15) is 8.78 Å². The monoisotopic (exact) mass is 227 g/mol. The van der Waals surface area contributed by atoms with Gasteiger partial charge in [-0.15, -0.1) is 0 Å². The molecule has 0 heterocycles. The van der Waals surface area contributed by atoms with Crippen molar-refractivity contribution in [3.63, 3.8) is 0 Å². The molecule has 0 saturated carbocycles. The molecular formula is C13H19F2N. The molecule has 0 bridgehead atoms. The van der Waals surface area contributed by atoms with Crippen molar-refractivity contribution in [1.29, 1.82) is 0 Å². The first-order valence-electron chi connectivity index (χ1n) is 5.58. The lowest BCUT2D eigenvalue weighted by Crippen LogP contribution is -2.23. The maximum atomic E-state index is 12.6. The third-order valence-corrected chi connectivity index (χ3v) is 2.55. The molecule has 0 aliphatic carbocycles. The van der Waals surface area contributed by atoms with Crippen LogP contribution in [0.4, 0.5) is 8.78 Å². The van der Waals surface area contributed by atoms with Gasteiger partial charge in [0.1, 0.15) is 0 Å². The van der Waals surface area contributed by atoms with Crippen LogP contribution >= 0.6 is 0 Å². The highest BCUT2D eigenvalue weighted by atomic mass is 19.3. The molecular weight excluding hydrogens is 208 g/mol. The Morgan fingerprint density at radius 3 is 2.06 bits per heavy atom. The second kappa shape index (κ2) is 5.94. The van der Waals surface area contributed by atoms with Crippen molar-refractivity contribution >= 4 is 0 Å². The Kier molecular flexibility index (Phi) is 4.87. The molecule has 0 fully saturated rings. The quantitative estimate of drug-likeness (QED) is 0.812. The minimum atomic E-state index is -2.37. The normalized spacial score (nSPS) is 13.4. The van der Waals surface area contributed by atoms with Crippen LogP contribution in [0.15, 0.2) is 24.3 Å². The first kappa shape index (κ1) is 13.1. The summed E-state index contributed by atoms with van der Waals surface area (Å²) in [6.45, 7) is 4.28. The van der Waals surface area contributed by atoms with E-state index in [1.807, 2.05) is 12.1 Å². The summed E-state index contributed by atoms with van der Waals surface area (Å²) in [4.78, 5) is 0. The number of hydrogen-bond donors (Lipinski definition) is 1. The third kappa shape index (κ3) is 3.56. The molecule has 90 valence electrons. The van der Waals surface area contributed by atoms with Crippen molar-refractivity contribution in [2.75, 3.05) is 7.05 Å². The Hall–Kier alpha value is -0.960. The minimum absolute atomic E-state index is 0.584. The van der Waals surface area contributed by atoms with Crippen molar-refractivity contribution in [3.05, 3.63) is 35.4 Å². The van der Waals surface area contributed by atoms with Crippen molar-refractivity contribution in [1.82, 2.24) is 5.32 Å². The molecule has 0 spiro atoms. The molecule has 0 radical (unpaired) electrons. The fourth-order valence-corrected chi connectivity index (χ4v) is 1.77. The molecule has 1 aromatic carbocycles. The van der Waals surface area contributed by atoms with Crippen molar-refractivity contribution in [2.24, 2.45) is 5.92 Å². The summed E-state index contributed by atoms with van der Waals surface area (Å²) in [6.07, 6.45) is -1.39. The standard InChI is InChI=1S/C13H19F2N/c1-9(2)8-10-4-6-11(7-5-10)12(16-3)13(14)15/h4-7,9,12-13,16H,8H2,1-3H3. The number of benzene rings is 1. The van der Waals surface area contributed by atoms with Gasteiger partial charge in [-0.3, -0.25) is 0 Å². The van der Waals surface area contributed by atoms with Gasteiger partial charge in [0.2, 0.25) is 0 Å². The molecule has 0 aliphatic rings. The first-order valence-corrected chi connectivity index (χ1v) is 5.58. The molecule has 0 aliphatic heterocycles. The predicted octanol–water partition coefficient (Wildman–Crippen LogP) is 3.41. The topological polar surface area (TPSA) is 12.0 Å². The van der Waals surface area contributed by atoms with Gasteiger partial charge in [-0.25, -0.2) is 8.78 Å². The summed E-state index contributed by atoms with van der Waals surface area (Å²) in [5, 5.41) is 2.63. The SMILES string of the molecule is CNC(c1ccc(CC(C)C)cc1)C(F)F. The number of alkyl halides is 2. The average Bonchev–Trinajstić information content (AvgIpc) is 2.20. The summed E-state index contributed by atoms with van der Waals surface area (Å²) in [6, 6.07) is 6.56. The van der Waals surface area contributed by atoms with Crippen LogP contribution in [-0.2, 0) is 6.42 Å². The Bertz CT molecular complexity index is 306. The van der Waals surface area contributed by atoms with Crippen molar-refractivity contribution < 1.29 is 8.78 Å². The van der Waals surface area contributed by atoms with Crippen molar-refractivity contribution in [3.8, 4) is 0 Å². The number of rotatable bonds is 5. The summed E-state index contributed by atoms with van der Waals surface area (Å²) in [5.74, 6) is 0.584. The zero-order valence-electron chi connectivity index (χ0n) is 10.0. The van der Waals surface area contributed by atoms with Crippen LogP contribution < -0.4 is 5.32 Å². The van der Waals surface area contributed by atoms with Crippen LogP contribution in [-0.4, -0.2) is 13.5 Å². The van der Waals surface area contributed by atoms with Crippen LogP contribution in [0.3, 0.4) is 0 Å². The van der Waals surface area contributed by atoms with Gasteiger partial charge in [-0.1, -0.05) is 38.1 Å². The fourth-order valence-electron chi connectivity index (χ4n) is 1.77. The molecule has 1 aromatic rings. The minimum Gasteiger partial charge on any atom is -0.308 e. The molecule has 3 heteroatoms. The van der Waals surface area contributed by atoms with Crippen LogP contribution in [0.25, 0.3) is 0 Å². The Labute approximate surface area is 95.9 Å². The van der Waals surface area contributed by atoms with Gasteiger partial charge in [-0.05, 0) is 30.5 Å². The largest absolute Gasteiger partial charge is 0.308 e. The highest BCUT2D eigenvalue weighted by molar-refractivity contribution is 5.25.